The summed E-state index contributed by atoms with van der Waals surface area (Å²) in [5.41, 5.74) is 5.33. The summed E-state index contributed by atoms with van der Waals surface area (Å²) in [6, 6.07) is 3.67. The van der Waals surface area contributed by atoms with Gasteiger partial charge in [0.1, 0.15) is 0 Å². The minimum atomic E-state index is -0.843. The number of aromatic nitrogens is 1. The fraction of sp³-hybridized carbons (Fsp3) is 0.471. The SMILES string of the molecule is CCCn1c(C)c(CC)c2cc(C(=O)O)cc(CC)c21. The van der Waals surface area contributed by atoms with Crippen molar-refractivity contribution in [2.45, 2.75) is 53.5 Å². The van der Waals surface area contributed by atoms with E-state index in [1.54, 1.807) is 0 Å². The zero-order valence-corrected chi connectivity index (χ0v) is 12.8. The Kier molecular flexibility index (Phi) is 4.17. The van der Waals surface area contributed by atoms with Crippen LogP contribution in [0.3, 0.4) is 0 Å². The van der Waals surface area contributed by atoms with Crippen LogP contribution in [0.1, 0.15) is 54.4 Å². The number of hydrogen-bond acceptors (Lipinski definition) is 1. The number of benzene rings is 1. The van der Waals surface area contributed by atoms with Gasteiger partial charge in [0.15, 0.2) is 0 Å². The van der Waals surface area contributed by atoms with Gasteiger partial charge >= 0.3 is 5.97 Å². The van der Waals surface area contributed by atoms with E-state index < -0.39 is 5.97 Å². The number of carboxylic acid groups (broad SMARTS) is 1. The molecular weight excluding hydrogens is 250 g/mol. The van der Waals surface area contributed by atoms with Crippen LogP contribution < -0.4 is 0 Å². The molecule has 0 saturated heterocycles. The van der Waals surface area contributed by atoms with Crippen LogP contribution in [0.5, 0.6) is 0 Å². The highest BCUT2D eigenvalue weighted by Crippen LogP contribution is 2.31. The Labute approximate surface area is 120 Å². The molecule has 2 rings (SSSR count). The third-order valence-electron chi connectivity index (χ3n) is 4.05. The van der Waals surface area contributed by atoms with E-state index in [4.69, 9.17) is 0 Å². The van der Waals surface area contributed by atoms with Crippen LogP contribution in [-0.4, -0.2) is 15.6 Å². The van der Waals surface area contributed by atoms with Gasteiger partial charge in [0.25, 0.3) is 0 Å². The lowest BCUT2D eigenvalue weighted by Crippen LogP contribution is -2.03. The first-order valence-corrected chi connectivity index (χ1v) is 7.42. The fourth-order valence-corrected chi connectivity index (χ4v) is 3.11. The Balaban J connectivity index is 2.88. The van der Waals surface area contributed by atoms with Crippen molar-refractivity contribution in [3.8, 4) is 0 Å². The molecule has 0 spiro atoms. The standard InChI is InChI=1S/C17H23NO2/c1-5-8-18-11(4)14(7-3)15-10-13(17(19)20)9-12(6-2)16(15)18/h9-10H,5-8H2,1-4H3,(H,19,20). The number of fused-ring (bicyclic) bond motifs is 1. The van der Waals surface area contributed by atoms with Gasteiger partial charge < -0.3 is 9.67 Å². The largest absolute Gasteiger partial charge is 0.478 e. The van der Waals surface area contributed by atoms with E-state index in [9.17, 15) is 9.90 Å². The second-order valence-electron chi connectivity index (χ2n) is 5.26. The second-order valence-corrected chi connectivity index (χ2v) is 5.26. The Morgan fingerprint density at radius 2 is 1.90 bits per heavy atom. The molecule has 20 heavy (non-hydrogen) atoms. The van der Waals surface area contributed by atoms with Crippen molar-refractivity contribution in [2.75, 3.05) is 0 Å². The van der Waals surface area contributed by atoms with Gasteiger partial charge in [-0.15, -0.1) is 0 Å². The first kappa shape index (κ1) is 14.6. The maximum atomic E-state index is 11.3. The zero-order chi connectivity index (χ0) is 14.9. The van der Waals surface area contributed by atoms with E-state index in [-0.39, 0.29) is 0 Å². The van der Waals surface area contributed by atoms with Crippen LogP contribution in [0, 0.1) is 6.92 Å². The predicted octanol–water partition coefficient (Wildman–Crippen LogP) is 4.18. The van der Waals surface area contributed by atoms with E-state index in [0.29, 0.717) is 5.56 Å². The molecule has 0 aliphatic heterocycles. The molecule has 1 heterocycles. The molecule has 1 aromatic heterocycles. The molecule has 1 N–H and O–H groups in total. The van der Waals surface area contributed by atoms with Gasteiger partial charge in [-0.1, -0.05) is 20.8 Å². The van der Waals surface area contributed by atoms with Gasteiger partial charge in [-0.25, -0.2) is 4.79 Å². The first-order chi connectivity index (χ1) is 9.54. The second kappa shape index (κ2) is 5.70. The number of carbonyl (C=O) groups is 1. The molecule has 0 fully saturated rings. The highest BCUT2D eigenvalue weighted by Gasteiger charge is 2.17. The van der Waals surface area contributed by atoms with Gasteiger partial charge in [0, 0.05) is 17.6 Å². The molecule has 108 valence electrons. The van der Waals surface area contributed by atoms with Crippen LogP contribution in [0.15, 0.2) is 12.1 Å². The van der Waals surface area contributed by atoms with Crippen LogP contribution in [-0.2, 0) is 19.4 Å². The van der Waals surface area contributed by atoms with Crippen LogP contribution in [0.25, 0.3) is 10.9 Å². The summed E-state index contributed by atoms with van der Waals surface area (Å²) in [5.74, 6) is -0.843. The van der Waals surface area contributed by atoms with Crippen LogP contribution in [0.4, 0.5) is 0 Å². The summed E-state index contributed by atoms with van der Waals surface area (Å²) in [6.45, 7) is 9.53. The minimum absolute atomic E-state index is 0.401. The third kappa shape index (κ3) is 2.21. The van der Waals surface area contributed by atoms with Crippen molar-refractivity contribution in [3.05, 3.63) is 34.5 Å². The lowest BCUT2D eigenvalue weighted by molar-refractivity contribution is 0.0697. The molecule has 0 radical (unpaired) electrons. The normalized spacial score (nSPS) is 11.2. The van der Waals surface area contributed by atoms with Gasteiger partial charge in [-0.05, 0) is 49.4 Å². The Morgan fingerprint density at radius 3 is 2.40 bits per heavy atom. The first-order valence-electron chi connectivity index (χ1n) is 7.42. The molecule has 0 unspecified atom stereocenters. The number of rotatable bonds is 5. The highest BCUT2D eigenvalue weighted by atomic mass is 16.4. The van der Waals surface area contributed by atoms with Gasteiger partial charge in [0.2, 0.25) is 0 Å². The number of aromatic carboxylic acids is 1. The average Bonchev–Trinajstić information content (AvgIpc) is 2.70. The lowest BCUT2D eigenvalue weighted by Gasteiger charge is -2.10. The smallest absolute Gasteiger partial charge is 0.335 e. The molecular formula is C17H23NO2. The van der Waals surface area contributed by atoms with Crippen molar-refractivity contribution >= 4 is 16.9 Å². The summed E-state index contributed by atoms with van der Waals surface area (Å²) in [4.78, 5) is 11.3. The average molecular weight is 273 g/mol. The Bertz CT molecular complexity index is 653. The summed E-state index contributed by atoms with van der Waals surface area (Å²) in [5, 5.41) is 10.4. The number of hydrogen-bond donors (Lipinski definition) is 1. The van der Waals surface area contributed by atoms with Crippen molar-refractivity contribution in [2.24, 2.45) is 0 Å². The van der Waals surface area contributed by atoms with E-state index >= 15 is 0 Å². The maximum absolute atomic E-state index is 11.3. The lowest BCUT2D eigenvalue weighted by atomic mass is 10.0. The molecule has 3 heteroatoms. The van der Waals surface area contributed by atoms with Crippen LogP contribution >= 0.6 is 0 Å². The molecule has 1 aromatic carbocycles. The van der Waals surface area contributed by atoms with E-state index in [1.807, 2.05) is 12.1 Å². The number of nitrogens with zero attached hydrogens (tertiary/aromatic N) is 1. The fourth-order valence-electron chi connectivity index (χ4n) is 3.11. The van der Waals surface area contributed by atoms with Crippen LogP contribution in [0.2, 0.25) is 0 Å². The minimum Gasteiger partial charge on any atom is -0.478 e. The molecule has 2 aromatic rings. The third-order valence-corrected chi connectivity index (χ3v) is 4.05. The predicted molar refractivity (Wildman–Crippen MR) is 82.7 cm³/mol. The quantitative estimate of drug-likeness (QED) is 0.887. The summed E-state index contributed by atoms with van der Waals surface area (Å²) in [6.07, 6.45) is 2.87. The molecule has 3 nitrogen and oxygen atoms in total. The van der Waals surface area contributed by atoms with E-state index in [0.717, 1.165) is 36.8 Å². The molecule has 0 aliphatic rings. The molecule has 0 saturated carbocycles. The van der Waals surface area contributed by atoms with Gasteiger partial charge in [0.05, 0.1) is 11.1 Å². The molecule has 0 aliphatic carbocycles. The van der Waals surface area contributed by atoms with Crippen molar-refractivity contribution < 1.29 is 9.90 Å². The highest BCUT2D eigenvalue weighted by molar-refractivity contribution is 5.97. The maximum Gasteiger partial charge on any atom is 0.335 e. The van der Waals surface area contributed by atoms with Crippen molar-refractivity contribution in [3.63, 3.8) is 0 Å². The molecule has 0 amide bonds. The molecule has 0 bridgehead atoms. The zero-order valence-electron chi connectivity index (χ0n) is 12.8. The van der Waals surface area contributed by atoms with Crippen molar-refractivity contribution in [1.29, 1.82) is 0 Å². The monoisotopic (exact) mass is 273 g/mol. The van der Waals surface area contributed by atoms with E-state index in [1.165, 1.54) is 16.8 Å². The number of carboxylic acids is 1. The number of aryl methyl sites for hydroxylation is 3. The molecule has 0 atom stereocenters. The van der Waals surface area contributed by atoms with E-state index in [2.05, 4.69) is 32.3 Å². The van der Waals surface area contributed by atoms with Gasteiger partial charge in [-0.3, -0.25) is 0 Å². The topological polar surface area (TPSA) is 42.2 Å². The summed E-state index contributed by atoms with van der Waals surface area (Å²) < 4.78 is 2.36. The van der Waals surface area contributed by atoms with Crippen molar-refractivity contribution in [1.82, 2.24) is 4.57 Å². The Morgan fingerprint density at radius 1 is 1.20 bits per heavy atom. The Hall–Kier alpha value is -1.77. The summed E-state index contributed by atoms with van der Waals surface area (Å²) in [7, 11) is 0. The van der Waals surface area contributed by atoms with Gasteiger partial charge in [-0.2, -0.15) is 0 Å². The summed E-state index contributed by atoms with van der Waals surface area (Å²) >= 11 is 0.